The van der Waals surface area contributed by atoms with E-state index in [9.17, 15) is 4.39 Å². The van der Waals surface area contributed by atoms with Crippen molar-refractivity contribution in [3.63, 3.8) is 0 Å². The topological polar surface area (TPSA) is 12.0 Å². The minimum Gasteiger partial charge on any atom is -0.314 e. The molecule has 1 aromatic heterocycles. The summed E-state index contributed by atoms with van der Waals surface area (Å²) in [6.45, 7) is 3.21. The van der Waals surface area contributed by atoms with Crippen LogP contribution >= 0.6 is 11.3 Å². The van der Waals surface area contributed by atoms with Gasteiger partial charge >= 0.3 is 0 Å². The number of hydrogen-bond donors (Lipinski definition) is 1. The number of rotatable bonds is 9. The standard InChI is InChI=1S/C18H24FNS/c1-2-11-20-17(8-4-9-18-10-5-12-21-18)14-15-6-3-7-16(19)13-15/h3,5-7,10,12-13,17,20H,2,4,8-9,11,14H2,1H3. The molecule has 0 spiro atoms. The van der Waals surface area contributed by atoms with E-state index in [1.807, 2.05) is 17.4 Å². The smallest absolute Gasteiger partial charge is 0.123 e. The molecule has 0 aliphatic rings. The summed E-state index contributed by atoms with van der Waals surface area (Å²) >= 11 is 1.83. The van der Waals surface area contributed by atoms with Crippen LogP contribution in [0.3, 0.4) is 0 Å². The molecular weight excluding hydrogens is 281 g/mol. The SMILES string of the molecule is CCCNC(CCCc1cccs1)Cc1cccc(F)c1. The Morgan fingerprint density at radius 2 is 2.14 bits per heavy atom. The maximum atomic E-state index is 13.3. The Morgan fingerprint density at radius 3 is 2.86 bits per heavy atom. The van der Waals surface area contributed by atoms with Crippen molar-refractivity contribution in [2.75, 3.05) is 6.54 Å². The van der Waals surface area contributed by atoms with Crippen molar-refractivity contribution >= 4 is 11.3 Å². The second-order valence-electron chi connectivity index (χ2n) is 5.46. The van der Waals surface area contributed by atoms with Crippen LogP contribution in [0.1, 0.15) is 36.6 Å². The van der Waals surface area contributed by atoms with Gasteiger partial charge in [0.15, 0.2) is 0 Å². The highest BCUT2D eigenvalue weighted by atomic mass is 32.1. The molecule has 0 fully saturated rings. The highest BCUT2D eigenvalue weighted by molar-refractivity contribution is 7.09. The number of thiophene rings is 1. The predicted octanol–water partition coefficient (Wildman–Crippen LogP) is 4.82. The first kappa shape index (κ1) is 16.2. The predicted molar refractivity (Wildman–Crippen MR) is 89.4 cm³/mol. The van der Waals surface area contributed by atoms with E-state index in [1.54, 1.807) is 12.1 Å². The number of nitrogens with one attached hydrogen (secondary N) is 1. The number of benzene rings is 1. The molecule has 1 heterocycles. The van der Waals surface area contributed by atoms with Crippen LogP contribution in [0.2, 0.25) is 0 Å². The first-order chi connectivity index (χ1) is 10.3. The first-order valence-electron chi connectivity index (χ1n) is 7.78. The molecule has 0 saturated heterocycles. The van der Waals surface area contributed by atoms with E-state index >= 15 is 0 Å². The molecule has 1 nitrogen and oxygen atoms in total. The molecule has 0 aliphatic heterocycles. The molecule has 2 aromatic rings. The van der Waals surface area contributed by atoms with E-state index in [0.29, 0.717) is 6.04 Å². The van der Waals surface area contributed by atoms with Gasteiger partial charge in [-0.3, -0.25) is 0 Å². The maximum absolute atomic E-state index is 13.3. The van der Waals surface area contributed by atoms with Crippen molar-refractivity contribution in [1.29, 1.82) is 0 Å². The van der Waals surface area contributed by atoms with E-state index in [2.05, 4.69) is 29.8 Å². The molecule has 0 radical (unpaired) electrons. The zero-order valence-corrected chi connectivity index (χ0v) is 13.5. The molecule has 1 aromatic carbocycles. The summed E-state index contributed by atoms with van der Waals surface area (Å²) in [7, 11) is 0. The first-order valence-corrected chi connectivity index (χ1v) is 8.66. The maximum Gasteiger partial charge on any atom is 0.123 e. The van der Waals surface area contributed by atoms with Gasteiger partial charge in [-0.25, -0.2) is 4.39 Å². The third kappa shape index (κ3) is 5.98. The minimum atomic E-state index is -0.139. The molecule has 2 rings (SSSR count). The van der Waals surface area contributed by atoms with Crippen LogP contribution in [0, 0.1) is 5.82 Å². The van der Waals surface area contributed by atoms with Gasteiger partial charge in [-0.05, 0) is 67.8 Å². The lowest BCUT2D eigenvalue weighted by Gasteiger charge is -2.18. The normalized spacial score (nSPS) is 12.5. The van der Waals surface area contributed by atoms with Crippen molar-refractivity contribution < 1.29 is 4.39 Å². The average Bonchev–Trinajstić information content (AvgIpc) is 2.98. The van der Waals surface area contributed by atoms with E-state index in [0.717, 1.165) is 37.8 Å². The molecule has 0 bridgehead atoms. The second-order valence-corrected chi connectivity index (χ2v) is 6.49. The van der Waals surface area contributed by atoms with Crippen molar-refractivity contribution in [3.05, 3.63) is 58.0 Å². The summed E-state index contributed by atoms with van der Waals surface area (Å²) in [6, 6.07) is 11.7. The van der Waals surface area contributed by atoms with Gasteiger partial charge in [-0.1, -0.05) is 25.1 Å². The van der Waals surface area contributed by atoms with Gasteiger partial charge in [0.25, 0.3) is 0 Å². The fourth-order valence-electron chi connectivity index (χ4n) is 2.55. The average molecular weight is 305 g/mol. The fraction of sp³-hybridized carbons (Fsp3) is 0.444. The minimum absolute atomic E-state index is 0.139. The molecule has 0 amide bonds. The van der Waals surface area contributed by atoms with Gasteiger partial charge in [0, 0.05) is 10.9 Å². The van der Waals surface area contributed by atoms with Crippen molar-refractivity contribution in [2.24, 2.45) is 0 Å². The van der Waals surface area contributed by atoms with Crippen molar-refractivity contribution in [3.8, 4) is 0 Å². The summed E-state index contributed by atoms with van der Waals surface area (Å²) in [5.74, 6) is -0.139. The zero-order valence-electron chi connectivity index (χ0n) is 12.6. The molecule has 21 heavy (non-hydrogen) atoms. The lowest BCUT2D eigenvalue weighted by Crippen LogP contribution is -2.32. The van der Waals surface area contributed by atoms with Crippen LogP contribution in [0.4, 0.5) is 4.39 Å². The summed E-state index contributed by atoms with van der Waals surface area (Å²) in [4.78, 5) is 1.45. The van der Waals surface area contributed by atoms with Gasteiger partial charge in [-0.15, -0.1) is 11.3 Å². The molecular formula is C18H24FNS. The Labute approximate surface area is 131 Å². The monoisotopic (exact) mass is 305 g/mol. The molecule has 1 unspecified atom stereocenters. The Balaban J connectivity index is 1.84. The molecule has 3 heteroatoms. The summed E-state index contributed by atoms with van der Waals surface area (Å²) < 4.78 is 13.3. The Hall–Kier alpha value is -1.19. The number of hydrogen-bond acceptors (Lipinski definition) is 2. The summed E-state index contributed by atoms with van der Waals surface area (Å²) in [5, 5.41) is 5.73. The fourth-order valence-corrected chi connectivity index (χ4v) is 3.30. The Morgan fingerprint density at radius 1 is 1.24 bits per heavy atom. The second kappa shape index (κ2) is 8.96. The lowest BCUT2D eigenvalue weighted by atomic mass is 10.0. The zero-order chi connectivity index (χ0) is 14.9. The van der Waals surface area contributed by atoms with Gasteiger partial charge in [0.2, 0.25) is 0 Å². The lowest BCUT2D eigenvalue weighted by molar-refractivity contribution is 0.464. The van der Waals surface area contributed by atoms with Crippen molar-refractivity contribution in [2.45, 2.75) is 45.1 Å². The molecule has 114 valence electrons. The van der Waals surface area contributed by atoms with Crippen LogP contribution in [0.25, 0.3) is 0 Å². The number of aryl methyl sites for hydroxylation is 1. The van der Waals surface area contributed by atoms with Crippen LogP contribution in [0.5, 0.6) is 0 Å². The Bertz CT molecular complexity index is 510. The largest absolute Gasteiger partial charge is 0.314 e. The highest BCUT2D eigenvalue weighted by Crippen LogP contribution is 2.15. The van der Waals surface area contributed by atoms with E-state index in [1.165, 1.54) is 17.4 Å². The van der Waals surface area contributed by atoms with Gasteiger partial charge in [0.1, 0.15) is 5.82 Å². The third-order valence-corrected chi connectivity index (χ3v) is 4.55. The van der Waals surface area contributed by atoms with Gasteiger partial charge < -0.3 is 5.32 Å². The van der Waals surface area contributed by atoms with E-state index in [-0.39, 0.29) is 5.82 Å². The Kier molecular flexibility index (Phi) is 6.90. The summed E-state index contributed by atoms with van der Waals surface area (Å²) in [5.41, 5.74) is 1.08. The third-order valence-electron chi connectivity index (χ3n) is 3.61. The van der Waals surface area contributed by atoms with E-state index < -0.39 is 0 Å². The van der Waals surface area contributed by atoms with E-state index in [4.69, 9.17) is 0 Å². The highest BCUT2D eigenvalue weighted by Gasteiger charge is 2.09. The van der Waals surface area contributed by atoms with Gasteiger partial charge in [-0.2, -0.15) is 0 Å². The van der Waals surface area contributed by atoms with Crippen LogP contribution in [-0.2, 0) is 12.8 Å². The molecule has 1 atom stereocenters. The van der Waals surface area contributed by atoms with Crippen LogP contribution in [0.15, 0.2) is 41.8 Å². The van der Waals surface area contributed by atoms with Crippen LogP contribution < -0.4 is 5.32 Å². The van der Waals surface area contributed by atoms with Crippen LogP contribution in [-0.4, -0.2) is 12.6 Å². The molecule has 0 saturated carbocycles. The van der Waals surface area contributed by atoms with Crippen molar-refractivity contribution in [1.82, 2.24) is 5.32 Å². The van der Waals surface area contributed by atoms with Gasteiger partial charge in [0.05, 0.1) is 0 Å². The summed E-state index contributed by atoms with van der Waals surface area (Å²) in [6.07, 6.45) is 5.49. The number of halogens is 1. The molecule has 1 N–H and O–H groups in total. The quantitative estimate of drug-likeness (QED) is 0.700. The molecule has 0 aliphatic carbocycles.